The summed E-state index contributed by atoms with van der Waals surface area (Å²) in [5.41, 5.74) is 0. The molecule has 1 saturated heterocycles. The molecule has 0 aromatic heterocycles. The predicted molar refractivity (Wildman–Crippen MR) is 76.9 cm³/mol. The fourth-order valence-electron chi connectivity index (χ4n) is 3.07. The van der Waals surface area contributed by atoms with Crippen LogP contribution in [0.3, 0.4) is 0 Å². The molecule has 1 aliphatic heterocycles. The summed E-state index contributed by atoms with van der Waals surface area (Å²) in [4.78, 5) is 11.7. The molecule has 2 atom stereocenters. The number of sulfone groups is 1. The number of sulfonamides is 1. The first-order valence-electron chi connectivity index (χ1n) is 7.05. The van der Waals surface area contributed by atoms with Crippen molar-refractivity contribution in [2.45, 2.75) is 30.9 Å². The fourth-order valence-corrected chi connectivity index (χ4v) is 6.69. The summed E-state index contributed by atoms with van der Waals surface area (Å²) in [6, 6.07) is 0. The van der Waals surface area contributed by atoms with Crippen LogP contribution in [-0.4, -0.2) is 64.1 Å². The Morgan fingerprint density at radius 1 is 1.14 bits per heavy atom. The highest BCUT2D eigenvalue weighted by atomic mass is 32.2. The van der Waals surface area contributed by atoms with E-state index in [9.17, 15) is 21.6 Å². The molecular formula is C12H21NO6S2. The third-order valence-corrected chi connectivity index (χ3v) is 8.34. The number of esters is 1. The summed E-state index contributed by atoms with van der Waals surface area (Å²) in [6.45, 7) is 0.182. The van der Waals surface area contributed by atoms with E-state index in [0.29, 0.717) is 25.7 Å². The van der Waals surface area contributed by atoms with E-state index in [2.05, 4.69) is 4.74 Å². The Kier molecular flexibility index (Phi) is 4.94. The number of methoxy groups -OCH3 is 1. The molecule has 0 amide bonds. The van der Waals surface area contributed by atoms with Crippen molar-refractivity contribution in [1.82, 2.24) is 4.31 Å². The molecule has 1 heterocycles. The monoisotopic (exact) mass is 339 g/mol. The molecule has 21 heavy (non-hydrogen) atoms. The van der Waals surface area contributed by atoms with Gasteiger partial charge in [0.1, 0.15) is 0 Å². The lowest BCUT2D eigenvalue weighted by Gasteiger charge is -2.26. The van der Waals surface area contributed by atoms with E-state index in [1.807, 2.05) is 0 Å². The minimum Gasteiger partial charge on any atom is -0.469 e. The van der Waals surface area contributed by atoms with Crippen molar-refractivity contribution in [3.63, 3.8) is 0 Å². The van der Waals surface area contributed by atoms with Gasteiger partial charge in [0.25, 0.3) is 0 Å². The average Bonchev–Trinajstić information content (AvgIpc) is 2.84. The molecule has 2 fully saturated rings. The zero-order chi connectivity index (χ0) is 15.7. The maximum Gasteiger partial charge on any atom is 0.310 e. The molecule has 0 radical (unpaired) electrons. The zero-order valence-corrected chi connectivity index (χ0v) is 13.7. The Balaban J connectivity index is 2.19. The predicted octanol–water partition coefficient (Wildman–Crippen LogP) is -0.222. The summed E-state index contributed by atoms with van der Waals surface area (Å²) in [7, 11) is -5.59. The van der Waals surface area contributed by atoms with Crippen LogP contribution in [0.25, 0.3) is 0 Å². The summed E-state index contributed by atoms with van der Waals surface area (Å²) >= 11 is 0. The van der Waals surface area contributed by atoms with Crippen LogP contribution >= 0.6 is 0 Å². The molecule has 0 aromatic rings. The lowest BCUT2D eigenvalue weighted by molar-refractivity contribution is -0.145. The maximum atomic E-state index is 12.7. The van der Waals surface area contributed by atoms with Crippen LogP contribution in [-0.2, 0) is 29.4 Å². The van der Waals surface area contributed by atoms with Gasteiger partial charge in [-0.15, -0.1) is 0 Å². The summed E-state index contributed by atoms with van der Waals surface area (Å²) in [5.74, 6) is -1.27. The van der Waals surface area contributed by atoms with Gasteiger partial charge in [0.05, 0.1) is 29.8 Å². The molecule has 122 valence electrons. The van der Waals surface area contributed by atoms with Gasteiger partial charge in [0.15, 0.2) is 9.84 Å². The van der Waals surface area contributed by atoms with Crippen molar-refractivity contribution in [1.29, 1.82) is 0 Å². The summed E-state index contributed by atoms with van der Waals surface area (Å²) in [6.07, 6.45) is 1.89. The van der Waals surface area contributed by atoms with Gasteiger partial charge in [-0.2, -0.15) is 0 Å². The highest BCUT2D eigenvalue weighted by Gasteiger charge is 2.45. The minimum absolute atomic E-state index is 0.0180. The van der Waals surface area contributed by atoms with Gasteiger partial charge in [-0.25, -0.2) is 21.1 Å². The van der Waals surface area contributed by atoms with E-state index < -0.39 is 37.0 Å². The number of carbonyl (C=O) groups is 1. The molecule has 0 N–H and O–H groups in total. The normalized spacial score (nSPS) is 30.7. The molecule has 2 rings (SSSR count). The number of nitrogens with zero attached hydrogens (tertiary/aromatic N) is 1. The third kappa shape index (κ3) is 3.57. The quantitative estimate of drug-likeness (QED) is 0.659. The molecule has 2 unspecified atom stereocenters. The van der Waals surface area contributed by atoms with Crippen molar-refractivity contribution >= 4 is 25.8 Å². The van der Waals surface area contributed by atoms with Gasteiger partial charge < -0.3 is 4.74 Å². The molecule has 1 saturated carbocycles. The molecule has 0 spiro atoms. The van der Waals surface area contributed by atoms with E-state index in [4.69, 9.17) is 0 Å². The van der Waals surface area contributed by atoms with Gasteiger partial charge in [-0.05, 0) is 19.3 Å². The number of ether oxygens (including phenoxy) is 1. The van der Waals surface area contributed by atoms with E-state index in [1.54, 1.807) is 0 Å². The summed E-state index contributed by atoms with van der Waals surface area (Å²) < 4.78 is 54.5. The zero-order valence-electron chi connectivity index (χ0n) is 12.0. The highest BCUT2D eigenvalue weighted by Crippen LogP contribution is 2.34. The van der Waals surface area contributed by atoms with Crippen LogP contribution < -0.4 is 0 Å². The van der Waals surface area contributed by atoms with Crippen molar-refractivity contribution in [2.75, 3.05) is 31.7 Å². The van der Waals surface area contributed by atoms with Gasteiger partial charge in [0, 0.05) is 13.1 Å². The lowest BCUT2D eigenvalue weighted by atomic mass is 10.1. The first-order valence-corrected chi connectivity index (χ1v) is 10.4. The van der Waals surface area contributed by atoms with E-state index in [-0.39, 0.29) is 24.6 Å². The van der Waals surface area contributed by atoms with Crippen molar-refractivity contribution in [3.8, 4) is 0 Å². The molecule has 7 nitrogen and oxygen atoms in total. The van der Waals surface area contributed by atoms with Crippen LogP contribution in [0.4, 0.5) is 0 Å². The topological polar surface area (TPSA) is 97.8 Å². The first-order chi connectivity index (χ1) is 9.78. The fraction of sp³-hybridized carbons (Fsp3) is 0.917. The molecule has 0 bridgehead atoms. The molecule has 0 aromatic carbocycles. The maximum absolute atomic E-state index is 12.7. The standard InChI is InChI=1S/C12H21NO6S2/c1-19-12(14)10-4-2-5-11(10)21(17,18)13-6-3-8-20(15,16)9-7-13/h10-11H,2-9H2,1H3. The smallest absolute Gasteiger partial charge is 0.310 e. The van der Waals surface area contributed by atoms with E-state index in [0.717, 1.165) is 0 Å². The van der Waals surface area contributed by atoms with Crippen LogP contribution in [0.15, 0.2) is 0 Å². The van der Waals surface area contributed by atoms with Gasteiger partial charge in [-0.1, -0.05) is 6.42 Å². The Morgan fingerprint density at radius 2 is 1.86 bits per heavy atom. The van der Waals surface area contributed by atoms with Crippen LogP contribution in [0.1, 0.15) is 25.7 Å². The Bertz CT molecular complexity index is 597. The first kappa shape index (κ1) is 16.7. The van der Waals surface area contributed by atoms with Crippen LogP contribution in [0.2, 0.25) is 0 Å². The minimum atomic E-state index is -3.67. The largest absolute Gasteiger partial charge is 0.469 e. The lowest BCUT2D eigenvalue weighted by Crippen LogP contribution is -2.43. The van der Waals surface area contributed by atoms with Crippen LogP contribution in [0.5, 0.6) is 0 Å². The molecule has 9 heteroatoms. The second-order valence-corrected chi connectivity index (χ2v) is 10.0. The van der Waals surface area contributed by atoms with Gasteiger partial charge in [-0.3, -0.25) is 4.79 Å². The van der Waals surface area contributed by atoms with Crippen molar-refractivity contribution < 1.29 is 26.4 Å². The van der Waals surface area contributed by atoms with Gasteiger partial charge in [0.2, 0.25) is 10.0 Å². The molecule has 2 aliphatic rings. The van der Waals surface area contributed by atoms with Crippen LogP contribution in [0, 0.1) is 5.92 Å². The second-order valence-electron chi connectivity index (χ2n) is 5.55. The molecular weight excluding hydrogens is 318 g/mol. The number of hydrogen-bond acceptors (Lipinski definition) is 6. The average molecular weight is 339 g/mol. The van der Waals surface area contributed by atoms with Crippen molar-refractivity contribution in [2.24, 2.45) is 5.92 Å². The highest BCUT2D eigenvalue weighted by molar-refractivity contribution is 7.91. The third-order valence-electron chi connectivity index (χ3n) is 4.21. The Labute approximate surface area is 125 Å². The number of rotatable bonds is 3. The molecule has 1 aliphatic carbocycles. The number of hydrogen-bond donors (Lipinski definition) is 0. The van der Waals surface area contributed by atoms with Gasteiger partial charge >= 0.3 is 5.97 Å². The Hall–Kier alpha value is -0.670. The van der Waals surface area contributed by atoms with Crippen molar-refractivity contribution in [3.05, 3.63) is 0 Å². The SMILES string of the molecule is COC(=O)C1CCCC1S(=O)(=O)N1CCCS(=O)(=O)CC1. The van der Waals surface area contributed by atoms with E-state index >= 15 is 0 Å². The second kappa shape index (κ2) is 6.21. The Morgan fingerprint density at radius 3 is 2.52 bits per heavy atom. The van der Waals surface area contributed by atoms with E-state index in [1.165, 1.54) is 11.4 Å². The number of carbonyl (C=O) groups excluding carboxylic acids is 1. The summed E-state index contributed by atoms with van der Waals surface area (Å²) in [5, 5.41) is -0.786.